The van der Waals surface area contributed by atoms with Crippen LogP contribution in [0.5, 0.6) is 0 Å². The number of benzene rings is 1. The fourth-order valence-corrected chi connectivity index (χ4v) is 5.10. The highest BCUT2D eigenvalue weighted by Crippen LogP contribution is 2.50. The number of fused-ring (bicyclic) bond motifs is 1. The molecule has 1 aromatic carbocycles. The zero-order chi connectivity index (χ0) is 19.9. The van der Waals surface area contributed by atoms with Crippen LogP contribution in [0.15, 0.2) is 30.3 Å². The monoisotopic (exact) mass is 392 g/mol. The lowest BCUT2D eigenvalue weighted by Crippen LogP contribution is -2.71. The van der Waals surface area contributed by atoms with E-state index >= 15 is 0 Å². The van der Waals surface area contributed by atoms with Crippen LogP contribution >= 0.6 is 11.8 Å². The van der Waals surface area contributed by atoms with E-state index in [-0.39, 0.29) is 0 Å². The van der Waals surface area contributed by atoms with Gasteiger partial charge in [0.1, 0.15) is 23.5 Å². The number of rotatable bonds is 5. The highest BCUT2D eigenvalue weighted by Gasteiger charge is 2.64. The number of amides is 4. The van der Waals surface area contributed by atoms with Crippen molar-refractivity contribution in [1.82, 2.24) is 15.5 Å². The van der Waals surface area contributed by atoms with Crippen LogP contribution in [0.3, 0.4) is 0 Å². The van der Waals surface area contributed by atoms with Crippen molar-refractivity contribution in [2.75, 3.05) is 0 Å². The lowest BCUT2D eigenvalue weighted by Gasteiger charge is -2.43. The molecule has 2 saturated heterocycles. The normalized spacial score (nSPS) is 26.5. The average Bonchev–Trinajstić information content (AvgIpc) is 2.86. The van der Waals surface area contributed by atoms with E-state index in [0.29, 0.717) is 5.56 Å². The van der Waals surface area contributed by atoms with Gasteiger partial charge >= 0.3 is 12.0 Å². The second-order valence-electron chi connectivity index (χ2n) is 6.94. The minimum Gasteiger partial charge on any atom is -0.480 e. The van der Waals surface area contributed by atoms with Crippen molar-refractivity contribution in [3.63, 3.8) is 0 Å². The van der Waals surface area contributed by atoms with Gasteiger partial charge in [-0.05, 0) is 19.4 Å². The summed E-state index contributed by atoms with van der Waals surface area (Å²) in [6.45, 7) is 3.50. The molecule has 9 nitrogen and oxygen atoms in total. The predicted molar refractivity (Wildman–Crippen MR) is 97.6 cm³/mol. The van der Waals surface area contributed by atoms with Crippen molar-refractivity contribution >= 4 is 35.6 Å². The summed E-state index contributed by atoms with van der Waals surface area (Å²) in [4.78, 5) is 49.3. The van der Waals surface area contributed by atoms with E-state index in [2.05, 4.69) is 10.6 Å². The number of nitrogens with zero attached hydrogens (tertiary/aromatic N) is 1. The molecule has 3 rings (SSSR count). The van der Waals surface area contributed by atoms with E-state index in [0.717, 1.165) is 0 Å². The number of nitrogens with one attached hydrogen (secondary N) is 2. The second-order valence-corrected chi connectivity index (χ2v) is 8.71. The summed E-state index contributed by atoms with van der Waals surface area (Å²) in [7, 11) is 0. The zero-order valence-corrected chi connectivity index (χ0v) is 15.5. The van der Waals surface area contributed by atoms with Crippen molar-refractivity contribution in [3.8, 4) is 0 Å². The van der Waals surface area contributed by atoms with Crippen LogP contribution in [0.1, 0.15) is 25.5 Å². The zero-order valence-electron chi connectivity index (χ0n) is 14.7. The van der Waals surface area contributed by atoms with E-state index in [1.807, 2.05) is 0 Å². The van der Waals surface area contributed by atoms with Crippen LogP contribution in [0.2, 0.25) is 0 Å². The van der Waals surface area contributed by atoms with Crippen molar-refractivity contribution in [2.24, 2.45) is 5.73 Å². The Hall–Kier alpha value is -2.75. The van der Waals surface area contributed by atoms with E-state index in [1.54, 1.807) is 44.2 Å². The standard InChI is InChI=1S/C17H20N4O5S/c1-17(2)11(15(24)25)21-13(23)10(14(21)27-17)19-12(22)9(20-16(18)26)8-6-4-3-5-7-8/h3-7,9-11,14H,1-2H3,(H,19,22)(H,24,25)(H3,18,20,26)/t9?,10-,11+,14-/m1/s1. The number of β-lactam (4-membered cyclic amide) rings is 1. The number of aliphatic carboxylic acids is 1. The van der Waals surface area contributed by atoms with Gasteiger partial charge in [0.15, 0.2) is 0 Å². The molecule has 1 unspecified atom stereocenters. The van der Waals surface area contributed by atoms with Gasteiger partial charge in [-0.3, -0.25) is 9.59 Å². The third kappa shape index (κ3) is 3.32. The number of carboxylic acids is 1. The van der Waals surface area contributed by atoms with Gasteiger partial charge < -0.3 is 26.4 Å². The van der Waals surface area contributed by atoms with Gasteiger partial charge in [0.25, 0.3) is 0 Å². The maximum Gasteiger partial charge on any atom is 0.327 e. The Labute approximate surface area is 159 Å². The molecule has 4 amide bonds. The third-order valence-electron chi connectivity index (χ3n) is 4.65. The minimum absolute atomic E-state index is 0.454. The van der Waals surface area contributed by atoms with E-state index in [1.165, 1.54) is 16.7 Å². The molecule has 0 radical (unpaired) electrons. The summed E-state index contributed by atoms with van der Waals surface area (Å²) >= 11 is 1.33. The lowest BCUT2D eigenvalue weighted by molar-refractivity contribution is -0.161. The molecular weight excluding hydrogens is 372 g/mol. The molecule has 0 aliphatic carbocycles. The first-order chi connectivity index (χ1) is 12.6. The number of carboxylic acid groups (broad SMARTS) is 1. The number of urea groups is 1. The Morgan fingerprint density at radius 3 is 2.44 bits per heavy atom. The summed E-state index contributed by atoms with van der Waals surface area (Å²) in [6.07, 6.45) is 0. The molecule has 2 fully saturated rings. The Bertz CT molecular complexity index is 800. The van der Waals surface area contributed by atoms with Gasteiger partial charge in [0.2, 0.25) is 11.8 Å². The maximum absolute atomic E-state index is 12.7. The molecule has 2 aliphatic rings. The summed E-state index contributed by atoms with van der Waals surface area (Å²) in [5.74, 6) is -2.12. The average molecular weight is 392 g/mol. The Morgan fingerprint density at radius 2 is 1.89 bits per heavy atom. The van der Waals surface area contributed by atoms with Gasteiger partial charge in [0.05, 0.1) is 0 Å². The first-order valence-electron chi connectivity index (χ1n) is 8.27. The van der Waals surface area contributed by atoms with Crippen molar-refractivity contribution in [1.29, 1.82) is 0 Å². The van der Waals surface area contributed by atoms with Crippen LogP contribution in [-0.2, 0) is 14.4 Å². The van der Waals surface area contributed by atoms with Crippen LogP contribution in [0, 0.1) is 0 Å². The molecule has 0 aromatic heterocycles. The number of carbonyl (C=O) groups excluding carboxylic acids is 3. The first kappa shape index (κ1) is 19.0. The molecule has 27 heavy (non-hydrogen) atoms. The van der Waals surface area contributed by atoms with Gasteiger partial charge in [-0.25, -0.2) is 9.59 Å². The number of hydrogen-bond donors (Lipinski definition) is 4. The quantitative estimate of drug-likeness (QED) is 0.521. The smallest absolute Gasteiger partial charge is 0.327 e. The van der Waals surface area contributed by atoms with Gasteiger partial charge in [-0.2, -0.15) is 0 Å². The topological polar surface area (TPSA) is 142 Å². The highest BCUT2D eigenvalue weighted by atomic mass is 32.2. The summed E-state index contributed by atoms with van der Waals surface area (Å²) in [5, 5.41) is 14.0. The first-order valence-corrected chi connectivity index (χ1v) is 9.15. The Balaban J connectivity index is 1.77. The molecule has 0 saturated carbocycles. The fraction of sp³-hybridized carbons (Fsp3) is 0.412. The molecule has 10 heteroatoms. The van der Waals surface area contributed by atoms with Gasteiger partial charge in [-0.1, -0.05) is 30.3 Å². The van der Waals surface area contributed by atoms with Crippen LogP contribution in [-0.4, -0.2) is 56.0 Å². The molecule has 1 aromatic rings. The highest BCUT2D eigenvalue weighted by molar-refractivity contribution is 8.01. The molecule has 0 bridgehead atoms. The summed E-state index contributed by atoms with van der Waals surface area (Å²) in [5.41, 5.74) is 5.69. The summed E-state index contributed by atoms with van der Waals surface area (Å²) in [6, 6.07) is 4.76. The lowest BCUT2D eigenvalue weighted by atomic mass is 9.95. The predicted octanol–water partition coefficient (Wildman–Crippen LogP) is 0.0277. The number of primary amides is 1. The molecule has 2 aliphatic heterocycles. The number of hydrogen-bond acceptors (Lipinski definition) is 5. The van der Waals surface area contributed by atoms with Crippen molar-refractivity contribution in [2.45, 2.75) is 42.1 Å². The Kier molecular flexibility index (Phi) is 4.77. The maximum atomic E-state index is 12.7. The minimum atomic E-state index is -1.08. The SMILES string of the molecule is CC1(C)S[C@@H]2[C@H](NC(=O)C(NC(N)=O)c3ccccc3)C(=O)N2[C@H]1C(=O)O. The molecule has 5 N–H and O–H groups in total. The van der Waals surface area contributed by atoms with Crippen LogP contribution < -0.4 is 16.4 Å². The van der Waals surface area contributed by atoms with E-state index in [9.17, 15) is 24.3 Å². The molecule has 144 valence electrons. The fourth-order valence-electron chi connectivity index (χ4n) is 3.47. The van der Waals surface area contributed by atoms with Crippen LogP contribution in [0.4, 0.5) is 4.79 Å². The number of nitrogens with two attached hydrogens (primary N) is 1. The molecule has 2 heterocycles. The van der Waals surface area contributed by atoms with Gasteiger partial charge in [-0.15, -0.1) is 11.8 Å². The molecule has 4 atom stereocenters. The van der Waals surface area contributed by atoms with Crippen molar-refractivity contribution in [3.05, 3.63) is 35.9 Å². The Morgan fingerprint density at radius 1 is 1.26 bits per heavy atom. The number of thioether (sulfide) groups is 1. The van der Waals surface area contributed by atoms with Gasteiger partial charge in [0, 0.05) is 4.75 Å². The molecule has 0 spiro atoms. The largest absolute Gasteiger partial charge is 0.480 e. The second kappa shape index (κ2) is 6.76. The third-order valence-corrected chi connectivity index (χ3v) is 6.23. The molecular formula is C17H20N4O5S. The van der Waals surface area contributed by atoms with Crippen LogP contribution in [0.25, 0.3) is 0 Å². The van der Waals surface area contributed by atoms with E-state index in [4.69, 9.17) is 5.73 Å². The van der Waals surface area contributed by atoms with Crippen molar-refractivity contribution < 1.29 is 24.3 Å². The number of carbonyl (C=O) groups is 4. The van der Waals surface area contributed by atoms with E-state index < -0.39 is 52.1 Å². The summed E-state index contributed by atoms with van der Waals surface area (Å²) < 4.78 is -0.685.